The Balaban J connectivity index is 1.66. The summed E-state index contributed by atoms with van der Waals surface area (Å²) in [5.41, 5.74) is 1.57. The number of carbonyl (C=O) groups is 2. The fourth-order valence-electron chi connectivity index (χ4n) is 3.27. The van der Waals surface area contributed by atoms with Crippen LogP contribution in [0.15, 0.2) is 24.3 Å². The number of benzene rings is 1. The number of anilines is 2. The van der Waals surface area contributed by atoms with Crippen molar-refractivity contribution in [1.29, 1.82) is 0 Å². The van der Waals surface area contributed by atoms with Crippen molar-refractivity contribution < 1.29 is 9.59 Å². The molecular formula is C17H23N3O2. The molecule has 0 spiro atoms. The number of nitrogens with zero attached hydrogens (tertiary/aromatic N) is 1. The molecule has 22 heavy (non-hydrogen) atoms. The lowest BCUT2D eigenvalue weighted by atomic mass is 9.94. The van der Waals surface area contributed by atoms with Gasteiger partial charge in [-0.3, -0.25) is 9.59 Å². The summed E-state index contributed by atoms with van der Waals surface area (Å²) in [5.74, 6) is 0.646. The summed E-state index contributed by atoms with van der Waals surface area (Å²) in [5, 5.41) is 6.31. The van der Waals surface area contributed by atoms with Gasteiger partial charge in [0.1, 0.15) is 0 Å². The van der Waals surface area contributed by atoms with Crippen LogP contribution in [0.1, 0.15) is 32.1 Å². The van der Waals surface area contributed by atoms with Gasteiger partial charge in [-0.2, -0.15) is 0 Å². The van der Waals surface area contributed by atoms with E-state index in [2.05, 4.69) is 10.6 Å². The van der Waals surface area contributed by atoms with E-state index in [1.165, 1.54) is 0 Å². The molecule has 0 unspecified atom stereocenters. The van der Waals surface area contributed by atoms with Crippen molar-refractivity contribution in [2.24, 2.45) is 5.92 Å². The van der Waals surface area contributed by atoms with E-state index in [-0.39, 0.29) is 11.8 Å². The van der Waals surface area contributed by atoms with Gasteiger partial charge in [0.25, 0.3) is 0 Å². The third kappa shape index (κ3) is 3.47. The Hall–Kier alpha value is -1.88. The van der Waals surface area contributed by atoms with Crippen LogP contribution in [0.3, 0.4) is 0 Å². The molecule has 5 heteroatoms. The standard InChI is InChI=1S/C17H23N3O2/c21-16(12-13-7-9-18-10-8-13)19-14-4-1-2-5-15(14)20-11-3-6-17(20)22/h1-2,4-5,13,18H,3,6-12H2,(H,19,21). The van der Waals surface area contributed by atoms with Crippen LogP contribution < -0.4 is 15.5 Å². The normalized spacial score (nSPS) is 19.5. The van der Waals surface area contributed by atoms with Crippen molar-refractivity contribution in [3.63, 3.8) is 0 Å². The van der Waals surface area contributed by atoms with Crippen LogP contribution in [-0.2, 0) is 9.59 Å². The summed E-state index contributed by atoms with van der Waals surface area (Å²) in [6.45, 7) is 2.73. The lowest BCUT2D eigenvalue weighted by Crippen LogP contribution is -2.30. The molecule has 5 nitrogen and oxygen atoms in total. The van der Waals surface area contributed by atoms with Crippen LogP contribution in [0.4, 0.5) is 11.4 Å². The molecule has 118 valence electrons. The Morgan fingerprint density at radius 1 is 1.27 bits per heavy atom. The summed E-state index contributed by atoms with van der Waals surface area (Å²) in [6.07, 6.45) is 4.15. The van der Waals surface area contributed by atoms with E-state index in [1.54, 1.807) is 4.90 Å². The molecule has 0 radical (unpaired) electrons. The van der Waals surface area contributed by atoms with Gasteiger partial charge in [-0.15, -0.1) is 0 Å². The fraction of sp³-hybridized carbons (Fsp3) is 0.529. The highest BCUT2D eigenvalue weighted by molar-refractivity contribution is 6.02. The largest absolute Gasteiger partial charge is 0.324 e. The van der Waals surface area contributed by atoms with Gasteiger partial charge in [0, 0.05) is 19.4 Å². The Morgan fingerprint density at radius 3 is 2.77 bits per heavy atom. The predicted molar refractivity (Wildman–Crippen MR) is 86.9 cm³/mol. The first-order chi connectivity index (χ1) is 10.7. The quantitative estimate of drug-likeness (QED) is 0.895. The molecule has 2 N–H and O–H groups in total. The van der Waals surface area contributed by atoms with Gasteiger partial charge in [-0.05, 0) is 50.4 Å². The molecule has 2 aliphatic heterocycles. The molecule has 1 aromatic rings. The van der Waals surface area contributed by atoms with Crippen molar-refractivity contribution in [1.82, 2.24) is 5.32 Å². The average molecular weight is 301 g/mol. The SMILES string of the molecule is O=C(CC1CCNCC1)Nc1ccccc1N1CCCC1=O. The minimum atomic E-state index is 0.0472. The number of carbonyl (C=O) groups excluding carboxylic acids is 2. The minimum Gasteiger partial charge on any atom is -0.324 e. The van der Waals surface area contributed by atoms with E-state index in [1.807, 2.05) is 24.3 Å². The Bertz CT molecular complexity index is 553. The zero-order chi connectivity index (χ0) is 15.4. The summed E-state index contributed by atoms with van der Waals surface area (Å²) >= 11 is 0. The van der Waals surface area contributed by atoms with Gasteiger partial charge in [0.2, 0.25) is 11.8 Å². The van der Waals surface area contributed by atoms with E-state index in [9.17, 15) is 9.59 Å². The van der Waals surface area contributed by atoms with E-state index < -0.39 is 0 Å². The first-order valence-electron chi connectivity index (χ1n) is 8.14. The van der Waals surface area contributed by atoms with Crippen molar-refractivity contribution >= 4 is 23.2 Å². The first kappa shape index (κ1) is 15.0. The Labute approximate surface area is 131 Å². The maximum Gasteiger partial charge on any atom is 0.227 e. The van der Waals surface area contributed by atoms with Crippen LogP contribution in [0, 0.1) is 5.92 Å². The van der Waals surface area contributed by atoms with E-state index >= 15 is 0 Å². The average Bonchev–Trinajstić information content (AvgIpc) is 2.95. The molecule has 0 aromatic heterocycles. The van der Waals surface area contributed by atoms with Crippen LogP contribution in [0.25, 0.3) is 0 Å². The van der Waals surface area contributed by atoms with Crippen LogP contribution in [-0.4, -0.2) is 31.4 Å². The zero-order valence-corrected chi connectivity index (χ0v) is 12.8. The second kappa shape index (κ2) is 6.92. The number of hydrogen-bond donors (Lipinski definition) is 2. The maximum atomic E-state index is 12.3. The van der Waals surface area contributed by atoms with Gasteiger partial charge in [0.05, 0.1) is 11.4 Å². The molecule has 0 saturated carbocycles. The van der Waals surface area contributed by atoms with Gasteiger partial charge in [0.15, 0.2) is 0 Å². The molecule has 0 atom stereocenters. The van der Waals surface area contributed by atoms with Crippen LogP contribution in [0.2, 0.25) is 0 Å². The third-order valence-corrected chi connectivity index (χ3v) is 4.48. The Morgan fingerprint density at radius 2 is 2.05 bits per heavy atom. The molecular weight excluding hydrogens is 278 g/mol. The van der Waals surface area contributed by atoms with Gasteiger partial charge < -0.3 is 15.5 Å². The van der Waals surface area contributed by atoms with E-state index in [0.717, 1.165) is 50.3 Å². The second-order valence-corrected chi connectivity index (χ2v) is 6.11. The number of amides is 2. The highest BCUT2D eigenvalue weighted by atomic mass is 16.2. The van der Waals surface area contributed by atoms with Gasteiger partial charge >= 0.3 is 0 Å². The number of hydrogen-bond acceptors (Lipinski definition) is 3. The highest BCUT2D eigenvalue weighted by Crippen LogP contribution is 2.29. The van der Waals surface area contributed by atoms with Crippen molar-refractivity contribution in [3.05, 3.63) is 24.3 Å². The molecule has 2 fully saturated rings. The van der Waals surface area contributed by atoms with Crippen molar-refractivity contribution in [3.8, 4) is 0 Å². The molecule has 3 rings (SSSR count). The first-order valence-corrected chi connectivity index (χ1v) is 8.14. The molecule has 2 aliphatic rings. The number of rotatable bonds is 4. The number of piperidine rings is 1. The summed E-state index contributed by atoms with van der Waals surface area (Å²) in [6, 6.07) is 7.58. The number of para-hydroxylation sites is 2. The second-order valence-electron chi connectivity index (χ2n) is 6.11. The highest BCUT2D eigenvalue weighted by Gasteiger charge is 2.24. The van der Waals surface area contributed by atoms with Gasteiger partial charge in [-0.1, -0.05) is 12.1 Å². The smallest absolute Gasteiger partial charge is 0.227 e. The molecule has 0 bridgehead atoms. The van der Waals surface area contributed by atoms with Crippen LogP contribution >= 0.6 is 0 Å². The summed E-state index contributed by atoms with van der Waals surface area (Å²) in [7, 11) is 0. The minimum absolute atomic E-state index is 0.0472. The third-order valence-electron chi connectivity index (χ3n) is 4.48. The number of nitrogens with one attached hydrogen (secondary N) is 2. The zero-order valence-electron chi connectivity index (χ0n) is 12.8. The molecule has 0 aliphatic carbocycles. The monoisotopic (exact) mass is 301 g/mol. The van der Waals surface area contributed by atoms with Crippen LogP contribution in [0.5, 0.6) is 0 Å². The van der Waals surface area contributed by atoms with Gasteiger partial charge in [-0.25, -0.2) is 0 Å². The molecule has 2 saturated heterocycles. The Kier molecular flexibility index (Phi) is 4.73. The molecule has 2 amide bonds. The molecule has 1 aromatic carbocycles. The van der Waals surface area contributed by atoms with E-state index in [0.29, 0.717) is 18.8 Å². The van der Waals surface area contributed by atoms with Crippen molar-refractivity contribution in [2.75, 3.05) is 29.9 Å². The molecule has 2 heterocycles. The van der Waals surface area contributed by atoms with E-state index in [4.69, 9.17) is 0 Å². The van der Waals surface area contributed by atoms with Crippen molar-refractivity contribution in [2.45, 2.75) is 32.1 Å². The topological polar surface area (TPSA) is 61.4 Å². The maximum absolute atomic E-state index is 12.3. The predicted octanol–water partition coefficient (Wildman–Crippen LogP) is 2.14. The lowest BCUT2D eigenvalue weighted by molar-refractivity contribution is -0.118. The summed E-state index contributed by atoms with van der Waals surface area (Å²) in [4.78, 5) is 26.0. The fourth-order valence-corrected chi connectivity index (χ4v) is 3.27. The lowest BCUT2D eigenvalue weighted by Gasteiger charge is -2.23. The summed E-state index contributed by atoms with van der Waals surface area (Å²) < 4.78 is 0.